The summed E-state index contributed by atoms with van der Waals surface area (Å²) in [7, 11) is 2.96. The van der Waals surface area contributed by atoms with Gasteiger partial charge >= 0.3 is 0 Å². The number of ether oxygens (including phenoxy) is 2. The lowest BCUT2D eigenvalue weighted by Crippen LogP contribution is -2.29. The highest BCUT2D eigenvalue weighted by atomic mass is 16.5. The van der Waals surface area contributed by atoms with Crippen LogP contribution in [0.2, 0.25) is 0 Å². The number of hydroxylamine groups is 1. The Morgan fingerprint density at radius 3 is 2.28 bits per heavy atom. The van der Waals surface area contributed by atoms with E-state index in [2.05, 4.69) is 0 Å². The first-order valence-electron chi connectivity index (χ1n) is 5.56. The molecule has 0 spiro atoms. The van der Waals surface area contributed by atoms with E-state index in [1.165, 1.54) is 26.5 Å². The van der Waals surface area contributed by atoms with Gasteiger partial charge < -0.3 is 19.8 Å². The Kier molecular flexibility index (Phi) is 4.06. The second-order valence-corrected chi connectivity index (χ2v) is 4.89. The lowest BCUT2D eigenvalue weighted by atomic mass is 10.1. The van der Waals surface area contributed by atoms with Gasteiger partial charge in [0.2, 0.25) is 0 Å². The third-order valence-electron chi connectivity index (χ3n) is 2.46. The molecule has 1 rings (SSSR count). The van der Waals surface area contributed by atoms with Crippen molar-refractivity contribution in [3.63, 3.8) is 0 Å². The van der Waals surface area contributed by atoms with Gasteiger partial charge in [0, 0.05) is 32.9 Å². The molecule has 18 heavy (non-hydrogen) atoms. The number of benzene rings is 1. The van der Waals surface area contributed by atoms with Gasteiger partial charge in [0.15, 0.2) is 11.8 Å². The van der Waals surface area contributed by atoms with Crippen molar-refractivity contribution in [1.29, 1.82) is 0 Å². The van der Waals surface area contributed by atoms with Gasteiger partial charge in [0.05, 0.1) is 14.2 Å². The number of aromatic hydroxyl groups is 1. The first kappa shape index (κ1) is 14.2. The van der Waals surface area contributed by atoms with E-state index in [0.717, 1.165) is 4.74 Å². The predicted molar refractivity (Wildman–Crippen MR) is 69.8 cm³/mol. The van der Waals surface area contributed by atoms with Gasteiger partial charge in [0.1, 0.15) is 22.8 Å². The smallest absolute Gasteiger partial charge is 0.189 e. The topological polar surface area (TPSA) is 64.8 Å². The van der Waals surface area contributed by atoms with E-state index in [4.69, 9.17) is 9.47 Å². The molecule has 5 heteroatoms. The van der Waals surface area contributed by atoms with Crippen molar-refractivity contribution in [3.8, 4) is 17.2 Å². The molecule has 100 valence electrons. The highest BCUT2D eigenvalue weighted by Crippen LogP contribution is 2.32. The van der Waals surface area contributed by atoms with Crippen LogP contribution in [0.3, 0.4) is 0 Å². The Morgan fingerprint density at radius 1 is 1.22 bits per heavy atom. The molecule has 0 aliphatic carbocycles. The molecule has 1 aromatic carbocycles. The molecule has 0 bridgehead atoms. The molecule has 0 aliphatic rings. The van der Waals surface area contributed by atoms with E-state index >= 15 is 0 Å². The van der Waals surface area contributed by atoms with Gasteiger partial charge in [-0.1, -0.05) is 0 Å². The van der Waals surface area contributed by atoms with Crippen LogP contribution in [0.1, 0.15) is 26.3 Å². The number of phenols is 1. The Hall–Kier alpha value is -1.91. The van der Waals surface area contributed by atoms with Crippen LogP contribution in [0.5, 0.6) is 17.2 Å². The zero-order valence-electron chi connectivity index (χ0n) is 11.4. The van der Waals surface area contributed by atoms with Crippen LogP contribution in [0, 0.1) is 5.21 Å². The summed E-state index contributed by atoms with van der Waals surface area (Å²) in [5.41, 5.74) is -0.250. The summed E-state index contributed by atoms with van der Waals surface area (Å²) >= 11 is 0. The third-order valence-corrected chi connectivity index (χ3v) is 2.46. The average molecular weight is 253 g/mol. The van der Waals surface area contributed by atoms with Crippen LogP contribution in [0.4, 0.5) is 0 Å². The van der Waals surface area contributed by atoms with Crippen LogP contribution in [0.15, 0.2) is 12.1 Å². The molecule has 0 heterocycles. The van der Waals surface area contributed by atoms with Crippen LogP contribution >= 0.6 is 0 Å². The molecule has 0 aliphatic heterocycles. The van der Waals surface area contributed by atoms with Crippen molar-refractivity contribution in [1.82, 2.24) is 0 Å². The zero-order valence-corrected chi connectivity index (χ0v) is 11.4. The molecule has 0 saturated heterocycles. The molecule has 0 fully saturated rings. The molecule has 1 N–H and O–H groups in total. The Morgan fingerprint density at radius 2 is 1.83 bits per heavy atom. The summed E-state index contributed by atoms with van der Waals surface area (Å²) in [5, 5.41) is 21.8. The standard InChI is InChI=1S/C13H19NO4/c1-13(2,3)14(16)8-10-11(15)6-9(17-4)7-12(10)18-5/h6-8,15H,1-5H3. The molecule has 0 aromatic heterocycles. The van der Waals surface area contributed by atoms with E-state index < -0.39 is 5.54 Å². The van der Waals surface area contributed by atoms with Gasteiger partial charge in [0.25, 0.3) is 0 Å². The third kappa shape index (κ3) is 3.06. The van der Waals surface area contributed by atoms with E-state index in [0.29, 0.717) is 17.1 Å². The summed E-state index contributed by atoms with van der Waals surface area (Å²) in [6.45, 7) is 5.34. The highest BCUT2D eigenvalue weighted by Gasteiger charge is 2.21. The van der Waals surface area contributed by atoms with Gasteiger partial charge in [-0.15, -0.1) is 0 Å². The van der Waals surface area contributed by atoms with Crippen LogP contribution < -0.4 is 9.47 Å². The van der Waals surface area contributed by atoms with Gasteiger partial charge in [-0.3, -0.25) is 0 Å². The molecule has 0 atom stereocenters. The number of hydrogen-bond donors (Lipinski definition) is 1. The van der Waals surface area contributed by atoms with Gasteiger partial charge in [-0.25, -0.2) is 4.74 Å². The van der Waals surface area contributed by atoms with Gasteiger partial charge in [-0.05, 0) is 0 Å². The van der Waals surface area contributed by atoms with Crippen LogP contribution in [0.25, 0.3) is 0 Å². The van der Waals surface area contributed by atoms with Crippen molar-refractivity contribution >= 4 is 6.21 Å². The van der Waals surface area contributed by atoms with Crippen molar-refractivity contribution in [3.05, 3.63) is 22.9 Å². The maximum absolute atomic E-state index is 11.9. The fraction of sp³-hybridized carbons (Fsp3) is 0.462. The van der Waals surface area contributed by atoms with Crippen molar-refractivity contribution in [2.45, 2.75) is 26.3 Å². The number of rotatable bonds is 3. The SMILES string of the molecule is COc1cc(O)c(C=[N+]([O-])C(C)(C)C)c(OC)c1. The quantitative estimate of drug-likeness (QED) is 0.388. The first-order chi connectivity index (χ1) is 8.29. The van der Waals surface area contributed by atoms with E-state index in [9.17, 15) is 10.3 Å². The predicted octanol–water partition coefficient (Wildman–Crippen LogP) is 2.14. The molecule has 5 nitrogen and oxygen atoms in total. The molecule has 0 amide bonds. The van der Waals surface area contributed by atoms with E-state index in [1.807, 2.05) is 0 Å². The number of nitrogens with zero attached hydrogens (tertiary/aromatic N) is 1. The fourth-order valence-corrected chi connectivity index (χ4v) is 1.31. The molecular weight excluding hydrogens is 234 g/mol. The molecular formula is C13H19NO4. The first-order valence-corrected chi connectivity index (χ1v) is 5.56. The minimum absolute atomic E-state index is 0.0590. The molecule has 0 unspecified atom stereocenters. The van der Waals surface area contributed by atoms with Crippen molar-refractivity contribution < 1.29 is 19.3 Å². The molecule has 1 aromatic rings. The van der Waals surface area contributed by atoms with Crippen LogP contribution in [-0.2, 0) is 0 Å². The monoisotopic (exact) mass is 253 g/mol. The second-order valence-electron chi connectivity index (χ2n) is 4.89. The van der Waals surface area contributed by atoms with Gasteiger partial charge in [-0.2, -0.15) is 0 Å². The Labute approximate surface area is 107 Å². The van der Waals surface area contributed by atoms with E-state index in [1.54, 1.807) is 26.8 Å². The lowest BCUT2D eigenvalue weighted by Gasteiger charge is -2.19. The summed E-state index contributed by atoms with van der Waals surface area (Å²) in [4.78, 5) is 0. The summed E-state index contributed by atoms with van der Waals surface area (Å²) in [5.74, 6) is 0.794. The Bertz CT molecular complexity index is 461. The second kappa shape index (κ2) is 5.16. The zero-order chi connectivity index (χ0) is 13.9. The number of hydrogen-bond acceptors (Lipinski definition) is 4. The number of phenolic OH excluding ortho intramolecular Hbond substituents is 1. The minimum atomic E-state index is -0.586. The van der Waals surface area contributed by atoms with Crippen molar-refractivity contribution in [2.24, 2.45) is 0 Å². The number of methoxy groups -OCH3 is 2. The van der Waals surface area contributed by atoms with Crippen molar-refractivity contribution in [2.75, 3.05) is 14.2 Å². The molecule has 0 saturated carbocycles. The average Bonchev–Trinajstić information content (AvgIpc) is 2.29. The highest BCUT2D eigenvalue weighted by molar-refractivity contribution is 5.85. The normalized spacial score (nSPS) is 12.4. The fourth-order valence-electron chi connectivity index (χ4n) is 1.31. The minimum Gasteiger partial charge on any atom is -0.623 e. The van der Waals surface area contributed by atoms with Crippen LogP contribution in [-0.4, -0.2) is 35.8 Å². The summed E-state index contributed by atoms with van der Waals surface area (Å²) < 4.78 is 10.9. The largest absolute Gasteiger partial charge is 0.623 e. The summed E-state index contributed by atoms with van der Waals surface area (Å²) in [6.07, 6.45) is 1.31. The van der Waals surface area contributed by atoms with E-state index in [-0.39, 0.29) is 5.75 Å². The molecule has 0 radical (unpaired) electrons. The lowest BCUT2D eigenvalue weighted by molar-refractivity contribution is -0.530. The Balaban J connectivity index is 3.33. The summed E-state index contributed by atoms with van der Waals surface area (Å²) in [6, 6.07) is 3.05. The maximum atomic E-state index is 11.9. The maximum Gasteiger partial charge on any atom is 0.189 e.